The van der Waals surface area contributed by atoms with E-state index in [1.807, 2.05) is 36.4 Å². The number of amides is 1. The van der Waals surface area contributed by atoms with Crippen LogP contribution in [0.3, 0.4) is 0 Å². The third kappa shape index (κ3) is 5.52. The number of carbonyl (C=O) groups is 4. The Morgan fingerprint density at radius 3 is 2.19 bits per heavy atom. The van der Waals surface area contributed by atoms with Gasteiger partial charge < -0.3 is 38.5 Å². The summed E-state index contributed by atoms with van der Waals surface area (Å²) in [5.74, 6) is -0.561. The van der Waals surface area contributed by atoms with Gasteiger partial charge in [-0.1, -0.05) is 60.7 Å². The van der Waals surface area contributed by atoms with Crippen LogP contribution in [0.2, 0.25) is 0 Å². The fourth-order valence-corrected chi connectivity index (χ4v) is 6.59. The van der Waals surface area contributed by atoms with Gasteiger partial charge in [-0.15, -0.1) is 0 Å². The minimum Gasteiger partial charge on any atom is -0.488 e. The van der Waals surface area contributed by atoms with Crippen molar-refractivity contribution < 1.29 is 48.0 Å². The summed E-state index contributed by atoms with van der Waals surface area (Å²) in [6, 6.07) is 19.7. The van der Waals surface area contributed by atoms with Crippen LogP contribution in [0.15, 0.2) is 72.8 Å². The second-order valence-corrected chi connectivity index (χ2v) is 12.8. The normalized spacial score (nSPS) is 23.6. The number of fused-ring (bicyclic) bond motifs is 5. The number of rotatable bonds is 9. The van der Waals surface area contributed by atoms with Gasteiger partial charge in [-0.25, -0.2) is 14.4 Å². The Hall–Kier alpha value is -5.10. The van der Waals surface area contributed by atoms with Gasteiger partial charge in [0.15, 0.2) is 5.72 Å². The number of hydrogen-bond acceptors (Lipinski definition) is 11. The van der Waals surface area contributed by atoms with Gasteiger partial charge in [0, 0.05) is 17.8 Å². The number of aldehydes is 1. The number of piperazine rings is 1. The van der Waals surface area contributed by atoms with Crippen LogP contribution in [0, 0.1) is 0 Å². The Balaban J connectivity index is 1.41. The number of hydrogen-bond donors (Lipinski definition) is 1. The van der Waals surface area contributed by atoms with E-state index in [-0.39, 0.29) is 36.6 Å². The lowest BCUT2D eigenvalue weighted by Gasteiger charge is -2.41. The molecule has 47 heavy (non-hydrogen) atoms. The zero-order valence-corrected chi connectivity index (χ0v) is 26.5. The minimum atomic E-state index is -2.11. The maximum absolute atomic E-state index is 13.5. The first-order valence-corrected chi connectivity index (χ1v) is 15.2. The molecule has 0 aromatic heterocycles. The van der Waals surface area contributed by atoms with Crippen molar-refractivity contribution >= 4 is 30.2 Å². The van der Waals surface area contributed by atoms with Crippen LogP contribution in [0.5, 0.6) is 5.75 Å². The molecular weight excluding hydrogens is 608 g/mol. The first-order chi connectivity index (χ1) is 22.4. The number of ether oxygens (including phenoxy) is 5. The van der Waals surface area contributed by atoms with Crippen LogP contribution in [-0.4, -0.2) is 78.2 Å². The molecule has 0 spiro atoms. The summed E-state index contributed by atoms with van der Waals surface area (Å²) in [6.45, 7) is 4.61. The van der Waals surface area contributed by atoms with Crippen LogP contribution < -0.4 is 9.64 Å². The van der Waals surface area contributed by atoms with Crippen LogP contribution in [0.1, 0.15) is 47.8 Å². The number of carbonyl (C=O) groups excluding carboxylic acids is 4. The SMILES string of the molecule is COC(=O)c1cc(OCc2ccccc2)c2c(c1)N1C[C@H]3[C@H](N3C(=O)OC(C)(C)C)C1(O)[C@@]2(C=O)COC(=O)OCc1ccccc1. The van der Waals surface area contributed by atoms with Gasteiger partial charge in [-0.3, -0.25) is 4.90 Å². The highest BCUT2D eigenvalue weighted by Gasteiger charge is 2.81. The molecule has 2 saturated heterocycles. The highest BCUT2D eigenvalue weighted by molar-refractivity contribution is 5.96. The number of nitrogens with zero attached hydrogens (tertiary/aromatic N) is 2. The molecule has 1 N–H and O–H groups in total. The van der Waals surface area contributed by atoms with Gasteiger partial charge in [0.1, 0.15) is 48.9 Å². The summed E-state index contributed by atoms with van der Waals surface area (Å²) in [5, 5.41) is 12.7. The van der Waals surface area contributed by atoms with Gasteiger partial charge in [0.05, 0.1) is 18.7 Å². The standard InChI is InChI=1S/C35H36N2O10/c1-33(2,3)47-31(40)37-26-17-36-25-15-24(30(39)43-4)16-27(44-18-22-11-7-5-8-12-22)28(25)34(20-38,35(36,42)29(26)37)21-46-32(41)45-19-23-13-9-6-10-14-23/h5-16,20,26,29,42H,17-19,21H2,1-4H3/t26-,29-,34-,35?,37?/m0/s1. The monoisotopic (exact) mass is 644 g/mol. The summed E-state index contributed by atoms with van der Waals surface area (Å²) >= 11 is 0. The van der Waals surface area contributed by atoms with E-state index in [4.69, 9.17) is 23.7 Å². The number of aliphatic hydroxyl groups is 1. The number of methoxy groups -OCH3 is 1. The molecule has 0 bridgehead atoms. The lowest BCUT2D eigenvalue weighted by atomic mass is 9.73. The van der Waals surface area contributed by atoms with Gasteiger partial charge in [-0.2, -0.15) is 0 Å². The Bertz CT molecular complexity index is 1690. The zero-order valence-electron chi connectivity index (χ0n) is 26.5. The third-order valence-corrected chi connectivity index (χ3v) is 8.68. The van der Waals surface area contributed by atoms with Crippen LogP contribution in [-0.2, 0) is 42.4 Å². The second kappa shape index (κ2) is 11.9. The van der Waals surface area contributed by atoms with Crippen molar-refractivity contribution in [1.29, 1.82) is 0 Å². The first kappa shape index (κ1) is 31.9. The van der Waals surface area contributed by atoms with Crippen molar-refractivity contribution in [3.63, 3.8) is 0 Å². The van der Waals surface area contributed by atoms with Crippen molar-refractivity contribution in [2.24, 2.45) is 0 Å². The van der Waals surface area contributed by atoms with E-state index < -0.39 is 53.6 Å². The van der Waals surface area contributed by atoms with E-state index in [1.54, 1.807) is 49.9 Å². The van der Waals surface area contributed by atoms with Gasteiger partial charge >= 0.3 is 18.2 Å². The largest absolute Gasteiger partial charge is 0.508 e. The molecular formula is C35H36N2O10. The van der Waals surface area contributed by atoms with Crippen molar-refractivity contribution in [3.05, 3.63) is 95.1 Å². The molecule has 4 atom stereocenters. The average Bonchev–Trinajstić information content (AvgIpc) is 3.65. The zero-order chi connectivity index (χ0) is 33.6. The fourth-order valence-electron chi connectivity index (χ4n) is 6.59. The van der Waals surface area contributed by atoms with E-state index >= 15 is 0 Å². The van der Waals surface area contributed by atoms with Gasteiger partial charge in [0.25, 0.3) is 0 Å². The highest BCUT2D eigenvalue weighted by Crippen LogP contribution is 2.63. The minimum absolute atomic E-state index is 0.0569. The predicted octanol–water partition coefficient (Wildman–Crippen LogP) is 4.35. The highest BCUT2D eigenvalue weighted by atomic mass is 16.7. The molecule has 1 unspecified atom stereocenters. The summed E-state index contributed by atoms with van der Waals surface area (Å²) in [5.41, 5.74) is -2.75. The molecule has 3 aliphatic rings. The molecule has 0 radical (unpaired) electrons. The smallest absolute Gasteiger partial charge is 0.488 e. The molecule has 246 valence electrons. The number of benzene rings is 3. The van der Waals surface area contributed by atoms with E-state index in [0.717, 1.165) is 11.1 Å². The summed E-state index contributed by atoms with van der Waals surface area (Å²) in [6.07, 6.45) is -1.21. The Morgan fingerprint density at radius 1 is 0.957 bits per heavy atom. The summed E-state index contributed by atoms with van der Waals surface area (Å²) in [4.78, 5) is 55.4. The molecule has 3 aromatic carbocycles. The Labute approximate surface area is 271 Å². The molecule has 0 aliphatic carbocycles. The average molecular weight is 645 g/mol. The molecule has 2 fully saturated rings. The molecule has 3 aliphatic heterocycles. The van der Waals surface area contributed by atoms with E-state index in [2.05, 4.69) is 0 Å². The summed E-state index contributed by atoms with van der Waals surface area (Å²) < 4.78 is 27.7. The fraction of sp³-hybridized carbons (Fsp3) is 0.371. The van der Waals surface area contributed by atoms with Gasteiger partial charge in [0.2, 0.25) is 0 Å². The second-order valence-electron chi connectivity index (χ2n) is 12.8. The lowest BCUT2D eigenvalue weighted by Crippen LogP contribution is -2.64. The quantitative estimate of drug-likeness (QED) is 0.154. The first-order valence-electron chi connectivity index (χ1n) is 15.2. The maximum Gasteiger partial charge on any atom is 0.508 e. The predicted molar refractivity (Wildman–Crippen MR) is 167 cm³/mol. The van der Waals surface area contributed by atoms with Gasteiger partial charge in [-0.05, 0) is 44.0 Å². The van der Waals surface area contributed by atoms with Crippen molar-refractivity contribution in [2.75, 3.05) is 25.2 Å². The topological polar surface area (TPSA) is 141 Å². The third-order valence-electron chi connectivity index (χ3n) is 8.68. The van der Waals surface area contributed by atoms with Crippen LogP contribution in [0.25, 0.3) is 0 Å². The number of anilines is 1. The molecule has 12 nitrogen and oxygen atoms in total. The van der Waals surface area contributed by atoms with E-state index in [1.165, 1.54) is 24.1 Å². The van der Waals surface area contributed by atoms with Crippen molar-refractivity contribution in [3.8, 4) is 5.75 Å². The molecule has 0 saturated carbocycles. The summed E-state index contributed by atoms with van der Waals surface area (Å²) in [7, 11) is 1.24. The lowest BCUT2D eigenvalue weighted by molar-refractivity contribution is -0.128. The molecule has 6 rings (SSSR count). The Kier molecular flexibility index (Phi) is 8.08. The molecule has 1 amide bonds. The van der Waals surface area contributed by atoms with Crippen molar-refractivity contribution in [1.82, 2.24) is 4.90 Å². The number of esters is 1. The van der Waals surface area contributed by atoms with E-state index in [0.29, 0.717) is 12.0 Å². The molecule has 3 aromatic rings. The Morgan fingerprint density at radius 2 is 1.60 bits per heavy atom. The maximum atomic E-state index is 13.5. The van der Waals surface area contributed by atoms with Crippen LogP contribution >= 0.6 is 0 Å². The van der Waals surface area contributed by atoms with E-state index in [9.17, 15) is 24.3 Å². The molecule has 12 heteroatoms. The van der Waals surface area contributed by atoms with Crippen LogP contribution in [0.4, 0.5) is 15.3 Å². The molecule has 3 heterocycles. The van der Waals surface area contributed by atoms with Crippen molar-refractivity contribution in [2.45, 2.75) is 62.8 Å².